The second-order valence-electron chi connectivity index (χ2n) is 5.41. The van der Waals surface area contributed by atoms with Crippen molar-refractivity contribution in [3.05, 3.63) is 48.0 Å². The summed E-state index contributed by atoms with van der Waals surface area (Å²) < 4.78 is 29.2. The Bertz CT molecular complexity index is 850. The van der Waals surface area contributed by atoms with Crippen LogP contribution in [-0.4, -0.2) is 9.55 Å². The molecule has 0 radical (unpaired) electrons. The summed E-state index contributed by atoms with van der Waals surface area (Å²) in [6.45, 7) is 0. The Hall–Kier alpha value is -2.43. The number of hydrogen-bond acceptors (Lipinski definition) is 2. The first kappa shape index (κ1) is 12.3. The van der Waals surface area contributed by atoms with Gasteiger partial charge in [-0.05, 0) is 43.2 Å². The van der Waals surface area contributed by atoms with Crippen LogP contribution in [0.5, 0.6) is 0 Å². The van der Waals surface area contributed by atoms with E-state index in [0.717, 1.165) is 18.4 Å². The van der Waals surface area contributed by atoms with Gasteiger partial charge in [0.25, 0.3) is 0 Å². The lowest BCUT2D eigenvalue weighted by Crippen LogP contribution is -1.98. The second kappa shape index (κ2) is 4.28. The quantitative estimate of drug-likeness (QED) is 0.726. The van der Waals surface area contributed by atoms with E-state index in [1.807, 2.05) is 0 Å². The summed E-state index contributed by atoms with van der Waals surface area (Å²) in [6, 6.07) is 9.58. The van der Waals surface area contributed by atoms with Crippen LogP contribution in [0.4, 0.5) is 14.5 Å². The first-order valence-corrected chi connectivity index (χ1v) is 6.86. The number of halogens is 2. The molecule has 106 valence electrons. The van der Waals surface area contributed by atoms with Crippen molar-refractivity contribution in [2.24, 2.45) is 0 Å². The van der Waals surface area contributed by atoms with Gasteiger partial charge in [-0.15, -0.1) is 0 Å². The molecule has 1 aromatic heterocycles. The third-order valence-electron chi connectivity index (χ3n) is 3.82. The van der Waals surface area contributed by atoms with Crippen LogP contribution in [-0.2, 0) is 0 Å². The normalized spacial score (nSPS) is 14.8. The Kier molecular flexibility index (Phi) is 2.51. The van der Waals surface area contributed by atoms with Crippen molar-refractivity contribution in [2.45, 2.75) is 18.9 Å². The molecule has 0 amide bonds. The molecule has 21 heavy (non-hydrogen) atoms. The molecule has 0 bridgehead atoms. The van der Waals surface area contributed by atoms with Crippen molar-refractivity contribution in [3.8, 4) is 11.4 Å². The molecule has 3 aromatic rings. The van der Waals surface area contributed by atoms with Gasteiger partial charge in [-0.2, -0.15) is 0 Å². The minimum Gasteiger partial charge on any atom is -0.396 e. The molecule has 1 saturated carbocycles. The monoisotopic (exact) mass is 285 g/mol. The summed E-state index contributed by atoms with van der Waals surface area (Å²) in [5.74, 6) is -0.122. The highest BCUT2D eigenvalue weighted by molar-refractivity contribution is 5.81. The number of anilines is 1. The Balaban J connectivity index is 1.98. The molecule has 0 saturated heterocycles. The Morgan fingerprint density at radius 1 is 1.10 bits per heavy atom. The van der Waals surface area contributed by atoms with E-state index < -0.39 is 5.82 Å². The fourth-order valence-corrected chi connectivity index (χ4v) is 2.64. The highest BCUT2D eigenvalue weighted by Crippen LogP contribution is 2.41. The molecular weight excluding hydrogens is 272 g/mol. The Morgan fingerprint density at radius 2 is 1.90 bits per heavy atom. The van der Waals surface area contributed by atoms with Gasteiger partial charge in [-0.25, -0.2) is 13.8 Å². The summed E-state index contributed by atoms with van der Waals surface area (Å²) in [6.07, 6.45) is 2.13. The topological polar surface area (TPSA) is 43.8 Å². The number of benzene rings is 2. The minimum atomic E-state index is -0.465. The zero-order valence-corrected chi connectivity index (χ0v) is 11.2. The number of nitrogens with two attached hydrogens (primary N) is 1. The molecule has 0 unspecified atom stereocenters. The molecule has 4 rings (SSSR count). The molecule has 1 heterocycles. The van der Waals surface area contributed by atoms with Gasteiger partial charge < -0.3 is 10.3 Å². The summed E-state index contributed by atoms with van der Waals surface area (Å²) in [4.78, 5) is 4.49. The largest absolute Gasteiger partial charge is 0.396 e. The average Bonchev–Trinajstić information content (AvgIpc) is 3.22. The van der Waals surface area contributed by atoms with E-state index in [9.17, 15) is 8.78 Å². The molecule has 2 aromatic carbocycles. The molecule has 5 heteroatoms. The summed E-state index contributed by atoms with van der Waals surface area (Å²) in [5, 5.41) is 0. The predicted molar refractivity (Wildman–Crippen MR) is 77.8 cm³/mol. The number of rotatable bonds is 2. The Morgan fingerprint density at radius 3 is 2.62 bits per heavy atom. The second-order valence-corrected chi connectivity index (χ2v) is 5.41. The van der Waals surface area contributed by atoms with Crippen LogP contribution in [0.1, 0.15) is 18.9 Å². The van der Waals surface area contributed by atoms with E-state index in [1.54, 1.807) is 12.1 Å². The lowest BCUT2D eigenvalue weighted by atomic mass is 10.2. The standard InChI is InChI=1S/C16H13F2N3/c17-10-2-6-15-14(8-10)20-16(21(15)11-3-4-11)9-1-5-13(19)12(18)7-9/h1-2,5-8,11H,3-4,19H2. The molecule has 0 spiro atoms. The van der Waals surface area contributed by atoms with Gasteiger partial charge in [-0.3, -0.25) is 0 Å². The van der Waals surface area contributed by atoms with Crippen LogP contribution >= 0.6 is 0 Å². The van der Waals surface area contributed by atoms with Gasteiger partial charge in [0.15, 0.2) is 0 Å². The van der Waals surface area contributed by atoms with Crippen molar-refractivity contribution in [1.82, 2.24) is 9.55 Å². The fraction of sp³-hybridized carbons (Fsp3) is 0.188. The van der Waals surface area contributed by atoms with Crippen LogP contribution in [0.3, 0.4) is 0 Å². The van der Waals surface area contributed by atoms with Crippen LogP contribution in [0, 0.1) is 11.6 Å². The van der Waals surface area contributed by atoms with E-state index >= 15 is 0 Å². The summed E-state index contributed by atoms with van der Waals surface area (Å²) in [7, 11) is 0. The van der Waals surface area contributed by atoms with Crippen molar-refractivity contribution < 1.29 is 8.78 Å². The van der Waals surface area contributed by atoms with Gasteiger partial charge in [0, 0.05) is 17.7 Å². The first-order valence-electron chi connectivity index (χ1n) is 6.86. The maximum atomic E-state index is 13.7. The fourth-order valence-electron chi connectivity index (χ4n) is 2.64. The molecule has 1 aliphatic carbocycles. The number of nitrogen functional groups attached to an aromatic ring is 1. The molecule has 1 fully saturated rings. The van der Waals surface area contributed by atoms with Crippen molar-refractivity contribution in [3.63, 3.8) is 0 Å². The zero-order chi connectivity index (χ0) is 14.6. The highest BCUT2D eigenvalue weighted by atomic mass is 19.1. The Labute approximate surface area is 120 Å². The van der Waals surface area contributed by atoms with Crippen LogP contribution in [0.15, 0.2) is 36.4 Å². The van der Waals surface area contributed by atoms with E-state index in [-0.39, 0.29) is 11.5 Å². The van der Waals surface area contributed by atoms with Gasteiger partial charge >= 0.3 is 0 Å². The SMILES string of the molecule is Nc1ccc(-c2nc3cc(F)ccc3n2C2CC2)cc1F. The van der Waals surface area contributed by atoms with Crippen LogP contribution in [0.2, 0.25) is 0 Å². The van der Waals surface area contributed by atoms with E-state index in [4.69, 9.17) is 5.73 Å². The molecule has 1 aliphatic rings. The van der Waals surface area contributed by atoms with Gasteiger partial charge in [0.2, 0.25) is 0 Å². The number of fused-ring (bicyclic) bond motifs is 1. The third kappa shape index (κ3) is 1.96. The molecule has 2 N–H and O–H groups in total. The van der Waals surface area contributed by atoms with Crippen LogP contribution in [0.25, 0.3) is 22.4 Å². The number of nitrogens with zero attached hydrogens (tertiary/aromatic N) is 2. The minimum absolute atomic E-state index is 0.110. The smallest absolute Gasteiger partial charge is 0.146 e. The third-order valence-corrected chi connectivity index (χ3v) is 3.82. The highest BCUT2D eigenvalue weighted by Gasteiger charge is 2.29. The summed E-state index contributed by atoms with van der Waals surface area (Å²) in [5.41, 5.74) is 7.76. The maximum Gasteiger partial charge on any atom is 0.146 e. The number of aromatic nitrogens is 2. The molecule has 0 atom stereocenters. The van der Waals surface area contributed by atoms with Crippen molar-refractivity contribution in [1.29, 1.82) is 0 Å². The van der Waals surface area contributed by atoms with Gasteiger partial charge in [-0.1, -0.05) is 0 Å². The number of imidazole rings is 1. The van der Waals surface area contributed by atoms with Gasteiger partial charge in [0.1, 0.15) is 17.5 Å². The average molecular weight is 285 g/mol. The lowest BCUT2D eigenvalue weighted by Gasteiger charge is -2.08. The van der Waals surface area contributed by atoms with Gasteiger partial charge in [0.05, 0.1) is 16.7 Å². The lowest BCUT2D eigenvalue weighted by molar-refractivity contribution is 0.629. The predicted octanol–water partition coefficient (Wildman–Crippen LogP) is 3.90. The summed E-state index contributed by atoms with van der Waals surface area (Å²) >= 11 is 0. The molecule has 3 nitrogen and oxygen atoms in total. The molecular formula is C16H13F2N3. The van der Waals surface area contributed by atoms with E-state index in [2.05, 4.69) is 9.55 Å². The molecule has 0 aliphatic heterocycles. The van der Waals surface area contributed by atoms with Crippen molar-refractivity contribution in [2.75, 3.05) is 5.73 Å². The number of hydrogen-bond donors (Lipinski definition) is 1. The van der Waals surface area contributed by atoms with Crippen LogP contribution < -0.4 is 5.73 Å². The maximum absolute atomic E-state index is 13.7. The van der Waals surface area contributed by atoms with Crippen molar-refractivity contribution >= 4 is 16.7 Å². The first-order chi connectivity index (χ1) is 10.1. The van der Waals surface area contributed by atoms with E-state index in [1.165, 1.54) is 24.3 Å². The zero-order valence-electron chi connectivity index (χ0n) is 11.2. The van der Waals surface area contributed by atoms with E-state index in [0.29, 0.717) is 22.9 Å².